The van der Waals surface area contributed by atoms with Gasteiger partial charge in [-0.05, 0) is 49.9 Å². The van der Waals surface area contributed by atoms with Gasteiger partial charge in [0.2, 0.25) is 5.91 Å². The van der Waals surface area contributed by atoms with Crippen molar-refractivity contribution < 1.29 is 27.4 Å². The Balaban J connectivity index is 1.68. The van der Waals surface area contributed by atoms with E-state index in [-0.39, 0.29) is 18.2 Å². The van der Waals surface area contributed by atoms with Crippen LogP contribution < -0.4 is 14.8 Å². The summed E-state index contributed by atoms with van der Waals surface area (Å²) in [4.78, 5) is 14.3. The number of rotatable bonds is 6. The third kappa shape index (κ3) is 5.83. The third-order valence-electron chi connectivity index (χ3n) is 5.61. The number of alkyl halides is 3. The van der Waals surface area contributed by atoms with Crippen LogP contribution in [0.25, 0.3) is 0 Å². The van der Waals surface area contributed by atoms with Crippen LogP contribution in [0.1, 0.15) is 44.9 Å². The summed E-state index contributed by atoms with van der Waals surface area (Å²) in [6, 6.07) is 6.36. The Morgan fingerprint density at radius 1 is 1.16 bits per heavy atom. The number of carbonyl (C=O) groups excluding carboxylic acids is 1. The first-order chi connectivity index (χ1) is 14.8. The number of hydrogen-bond acceptors (Lipinski definition) is 5. The molecule has 1 N–H and O–H groups in total. The summed E-state index contributed by atoms with van der Waals surface area (Å²) in [6.07, 6.45) is 5.97. The predicted octanol–water partition coefficient (Wildman–Crippen LogP) is 3.73. The first-order valence-electron chi connectivity index (χ1n) is 10.2. The number of terminal acetylenes is 1. The highest BCUT2D eigenvalue weighted by molar-refractivity contribution is 5.80. The van der Waals surface area contributed by atoms with E-state index in [4.69, 9.17) is 11.2 Å². The molecule has 1 saturated carbocycles. The molecular weight excluding hydrogens is 411 g/mol. The number of nitriles is 1. The van der Waals surface area contributed by atoms with Crippen LogP contribution in [-0.4, -0.2) is 41.5 Å². The Hall–Kier alpha value is -2.91. The van der Waals surface area contributed by atoms with Gasteiger partial charge in [0.1, 0.15) is 17.5 Å². The van der Waals surface area contributed by atoms with Gasteiger partial charge in [0.25, 0.3) is 0 Å². The third-order valence-corrected chi connectivity index (χ3v) is 5.61. The van der Waals surface area contributed by atoms with Crippen LogP contribution in [0, 0.1) is 23.7 Å². The van der Waals surface area contributed by atoms with Crippen LogP contribution >= 0.6 is 0 Å². The predicted molar refractivity (Wildman–Crippen MR) is 106 cm³/mol. The van der Waals surface area contributed by atoms with Crippen LogP contribution in [0.4, 0.5) is 13.2 Å². The topological polar surface area (TPSA) is 74.6 Å². The monoisotopic (exact) mass is 435 g/mol. The SMILES string of the molecule is C#C[C@H]1CC[C@@H](C#N)N1C(=O)CNC1(Oc2ccc(OC(F)(F)F)cc2)CCCCC1. The molecule has 9 heteroatoms. The van der Waals surface area contributed by atoms with E-state index in [0.29, 0.717) is 31.4 Å². The molecule has 1 saturated heterocycles. The highest BCUT2D eigenvalue weighted by Gasteiger charge is 2.39. The van der Waals surface area contributed by atoms with Crippen molar-refractivity contribution in [1.82, 2.24) is 10.2 Å². The van der Waals surface area contributed by atoms with Crippen LogP contribution in [0.2, 0.25) is 0 Å². The fourth-order valence-electron chi connectivity index (χ4n) is 4.15. The Morgan fingerprint density at radius 2 is 1.77 bits per heavy atom. The minimum Gasteiger partial charge on any atom is -0.473 e. The number of amides is 1. The Morgan fingerprint density at radius 3 is 2.35 bits per heavy atom. The standard InChI is InChI=1S/C22H24F3N3O3/c1-2-16-6-7-17(14-26)28(16)20(29)15-27-21(12-4-3-5-13-21)30-18-8-10-19(11-9-18)31-22(23,24)25/h1,8-11,16-17,27H,3-7,12-13,15H2/t16-,17-/m0/s1. The van der Waals surface area contributed by atoms with Crippen molar-refractivity contribution in [2.45, 2.75) is 69.1 Å². The van der Waals surface area contributed by atoms with Crippen molar-refractivity contribution in [1.29, 1.82) is 5.26 Å². The van der Waals surface area contributed by atoms with Gasteiger partial charge in [-0.25, -0.2) is 0 Å². The van der Waals surface area contributed by atoms with Crippen molar-refractivity contribution in [2.24, 2.45) is 0 Å². The van der Waals surface area contributed by atoms with E-state index >= 15 is 0 Å². The van der Waals surface area contributed by atoms with Gasteiger partial charge >= 0.3 is 6.36 Å². The molecule has 2 fully saturated rings. The molecule has 31 heavy (non-hydrogen) atoms. The maximum atomic E-state index is 12.8. The molecule has 3 rings (SSSR count). The second kappa shape index (κ2) is 9.49. The first kappa shape index (κ1) is 22.8. The molecule has 0 bridgehead atoms. The van der Waals surface area contributed by atoms with Crippen LogP contribution in [0.3, 0.4) is 0 Å². The normalized spacial score (nSPS) is 22.9. The number of halogens is 3. The zero-order valence-corrected chi connectivity index (χ0v) is 17.0. The molecule has 2 atom stereocenters. The number of benzene rings is 1. The van der Waals surface area contributed by atoms with Crippen molar-refractivity contribution in [3.05, 3.63) is 24.3 Å². The highest BCUT2D eigenvalue weighted by atomic mass is 19.4. The van der Waals surface area contributed by atoms with Gasteiger partial charge in [0.15, 0.2) is 5.72 Å². The molecule has 1 amide bonds. The summed E-state index contributed by atoms with van der Waals surface area (Å²) in [5.41, 5.74) is -0.826. The van der Waals surface area contributed by atoms with E-state index in [2.05, 4.69) is 22.0 Å². The Bertz CT molecular complexity index is 830. The quantitative estimate of drug-likeness (QED) is 0.545. The van der Waals surface area contributed by atoms with Gasteiger partial charge < -0.3 is 14.4 Å². The number of likely N-dealkylation sites (tertiary alicyclic amines) is 1. The average molecular weight is 435 g/mol. The van der Waals surface area contributed by atoms with Crippen molar-refractivity contribution in [3.8, 4) is 29.9 Å². The Kier molecular flexibility index (Phi) is 6.97. The fraction of sp³-hybridized carbons (Fsp3) is 0.545. The van der Waals surface area contributed by atoms with Crippen molar-refractivity contribution >= 4 is 5.91 Å². The lowest BCUT2D eigenvalue weighted by atomic mass is 9.91. The zero-order chi connectivity index (χ0) is 22.5. The lowest BCUT2D eigenvalue weighted by molar-refractivity contribution is -0.274. The zero-order valence-electron chi connectivity index (χ0n) is 17.0. The molecule has 0 unspecified atom stereocenters. The molecule has 0 spiro atoms. The van der Waals surface area contributed by atoms with E-state index in [0.717, 1.165) is 19.3 Å². The molecule has 1 aliphatic heterocycles. The molecule has 1 aromatic carbocycles. The number of carbonyl (C=O) groups is 1. The van der Waals surface area contributed by atoms with E-state index < -0.39 is 24.2 Å². The van der Waals surface area contributed by atoms with E-state index in [1.165, 1.54) is 29.2 Å². The average Bonchev–Trinajstić information content (AvgIpc) is 3.16. The second-order valence-corrected chi connectivity index (χ2v) is 7.74. The summed E-state index contributed by atoms with van der Waals surface area (Å²) in [5, 5.41) is 12.5. The number of ether oxygens (including phenoxy) is 2. The fourth-order valence-corrected chi connectivity index (χ4v) is 4.15. The molecule has 166 valence electrons. The molecule has 6 nitrogen and oxygen atoms in total. The summed E-state index contributed by atoms with van der Waals surface area (Å²) in [6.45, 7) is -0.0500. The van der Waals surface area contributed by atoms with Crippen LogP contribution in [-0.2, 0) is 4.79 Å². The molecular formula is C22H24F3N3O3. The molecule has 1 aliphatic carbocycles. The lowest BCUT2D eigenvalue weighted by Gasteiger charge is -2.39. The molecule has 1 aromatic rings. The van der Waals surface area contributed by atoms with E-state index in [1.807, 2.05) is 0 Å². The van der Waals surface area contributed by atoms with Gasteiger partial charge in [-0.15, -0.1) is 19.6 Å². The Labute approximate surface area is 179 Å². The largest absolute Gasteiger partial charge is 0.573 e. The molecule has 1 heterocycles. The van der Waals surface area contributed by atoms with Gasteiger partial charge in [0.05, 0.1) is 18.7 Å². The smallest absolute Gasteiger partial charge is 0.473 e. The molecule has 0 aromatic heterocycles. The van der Waals surface area contributed by atoms with Crippen molar-refractivity contribution in [2.75, 3.05) is 6.54 Å². The number of nitrogens with one attached hydrogen (secondary N) is 1. The van der Waals surface area contributed by atoms with Gasteiger partial charge in [0, 0.05) is 12.8 Å². The van der Waals surface area contributed by atoms with E-state index in [9.17, 15) is 23.2 Å². The summed E-state index contributed by atoms with van der Waals surface area (Å²) < 4.78 is 47.1. The molecule has 0 radical (unpaired) electrons. The minimum absolute atomic E-state index is 0.0500. The van der Waals surface area contributed by atoms with E-state index in [1.54, 1.807) is 0 Å². The molecule has 2 aliphatic rings. The van der Waals surface area contributed by atoms with Gasteiger partial charge in [-0.2, -0.15) is 5.26 Å². The lowest BCUT2D eigenvalue weighted by Crippen LogP contribution is -2.55. The number of hydrogen-bond donors (Lipinski definition) is 1. The minimum atomic E-state index is -4.76. The van der Waals surface area contributed by atoms with Crippen LogP contribution in [0.5, 0.6) is 11.5 Å². The summed E-state index contributed by atoms with van der Waals surface area (Å²) in [5.74, 6) is 2.34. The van der Waals surface area contributed by atoms with Gasteiger partial charge in [-0.1, -0.05) is 12.3 Å². The maximum absolute atomic E-state index is 12.8. The highest BCUT2D eigenvalue weighted by Crippen LogP contribution is 2.33. The number of nitrogens with zero attached hydrogens (tertiary/aromatic N) is 2. The van der Waals surface area contributed by atoms with Crippen LogP contribution in [0.15, 0.2) is 24.3 Å². The summed E-state index contributed by atoms with van der Waals surface area (Å²) in [7, 11) is 0. The summed E-state index contributed by atoms with van der Waals surface area (Å²) >= 11 is 0. The van der Waals surface area contributed by atoms with Gasteiger partial charge in [-0.3, -0.25) is 10.1 Å². The maximum Gasteiger partial charge on any atom is 0.573 e. The van der Waals surface area contributed by atoms with Crippen molar-refractivity contribution in [3.63, 3.8) is 0 Å². The first-order valence-corrected chi connectivity index (χ1v) is 10.2. The second-order valence-electron chi connectivity index (χ2n) is 7.74.